The molecule has 2 rings (SSSR count). The van der Waals surface area contributed by atoms with Crippen LogP contribution in [-0.2, 0) is 15.7 Å². The van der Waals surface area contributed by atoms with Crippen molar-refractivity contribution in [1.29, 1.82) is 0 Å². The number of methoxy groups -OCH3 is 1. The number of halogens is 3. The molecule has 0 aromatic heterocycles. The molecule has 0 heterocycles. The summed E-state index contributed by atoms with van der Waals surface area (Å²) in [6.07, 6.45) is -4.54. The Labute approximate surface area is 164 Å². The molecule has 0 bridgehead atoms. The zero-order chi connectivity index (χ0) is 21.6. The van der Waals surface area contributed by atoms with Crippen molar-refractivity contribution >= 4 is 23.1 Å². The summed E-state index contributed by atoms with van der Waals surface area (Å²) < 4.78 is 43.9. The van der Waals surface area contributed by atoms with Crippen LogP contribution in [0.4, 0.5) is 18.9 Å². The van der Waals surface area contributed by atoms with E-state index >= 15 is 0 Å². The molecule has 0 spiro atoms. The average Bonchev–Trinajstić information content (AvgIpc) is 2.69. The average molecular weight is 408 g/mol. The number of hydroxylamine groups is 1. The van der Waals surface area contributed by atoms with Crippen molar-refractivity contribution in [3.05, 3.63) is 70.8 Å². The predicted octanol–water partition coefficient (Wildman–Crippen LogP) is 4.27. The lowest BCUT2D eigenvalue weighted by atomic mass is 9.95. The fraction of sp³-hybridized carbons (Fsp3) is 0.200. The van der Waals surface area contributed by atoms with Crippen molar-refractivity contribution < 1.29 is 33.0 Å². The minimum absolute atomic E-state index is 0.0238. The predicted molar refractivity (Wildman–Crippen MR) is 101 cm³/mol. The first-order valence-corrected chi connectivity index (χ1v) is 8.36. The SMILES string of the molecule is COCC(=C(C)C(=O)O)c1ccccc1C(=Nc1cccc(C(F)(F)F)c1)NO. The molecule has 0 aliphatic heterocycles. The molecular formula is C20H19F3N2O4. The van der Waals surface area contributed by atoms with Gasteiger partial charge in [-0.2, -0.15) is 13.2 Å². The van der Waals surface area contributed by atoms with E-state index in [2.05, 4.69) is 4.99 Å². The maximum atomic E-state index is 12.9. The van der Waals surface area contributed by atoms with E-state index in [4.69, 9.17) is 4.74 Å². The first kappa shape index (κ1) is 22.1. The Hall–Kier alpha value is -3.17. The van der Waals surface area contributed by atoms with Crippen molar-refractivity contribution in [3.63, 3.8) is 0 Å². The number of carboxylic acids is 1. The van der Waals surface area contributed by atoms with Gasteiger partial charge in [0.05, 0.1) is 17.9 Å². The fourth-order valence-electron chi connectivity index (χ4n) is 2.64. The first-order valence-electron chi connectivity index (χ1n) is 8.36. The molecule has 3 N–H and O–H groups in total. The second-order valence-corrected chi connectivity index (χ2v) is 6.01. The van der Waals surface area contributed by atoms with Gasteiger partial charge in [0.25, 0.3) is 0 Å². The third kappa shape index (κ3) is 5.43. The minimum atomic E-state index is -4.54. The van der Waals surface area contributed by atoms with Gasteiger partial charge in [-0.25, -0.2) is 9.79 Å². The van der Waals surface area contributed by atoms with Gasteiger partial charge in [0.2, 0.25) is 0 Å². The Bertz CT molecular complexity index is 953. The topological polar surface area (TPSA) is 91.2 Å². The number of hydrogen-bond donors (Lipinski definition) is 3. The van der Waals surface area contributed by atoms with Crippen LogP contribution >= 0.6 is 0 Å². The first-order chi connectivity index (χ1) is 13.7. The fourth-order valence-corrected chi connectivity index (χ4v) is 2.64. The van der Waals surface area contributed by atoms with Crippen LogP contribution in [0, 0.1) is 0 Å². The molecule has 0 radical (unpaired) electrons. The van der Waals surface area contributed by atoms with Crippen LogP contribution in [0.25, 0.3) is 5.57 Å². The number of nitrogens with zero attached hydrogens (tertiary/aromatic N) is 1. The minimum Gasteiger partial charge on any atom is -0.478 e. The maximum Gasteiger partial charge on any atom is 0.416 e. The Balaban J connectivity index is 2.63. The molecule has 154 valence electrons. The second kappa shape index (κ2) is 9.35. The number of benzene rings is 2. The van der Waals surface area contributed by atoms with Gasteiger partial charge >= 0.3 is 12.1 Å². The highest BCUT2D eigenvalue weighted by Gasteiger charge is 2.30. The number of aliphatic carboxylic acids is 1. The number of aliphatic imine (C=N–C) groups is 1. The smallest absolute Gasteiger partial charge is 0.416 e. The number of ether oxygens (including phenoxy) is 1. The summed E-state index contributed by atoms with van der Waals surface area (Å²) in [4.78, 5) is 15.5. The second-order valence-electron chi connectivity index (χ2n) is 6.01. The number of rotatable bonds is 6. The van der Waals surface area contributed by atoms with Crippen LogP contribution in [-0.4, -0.2) is 35.8 Å². The van der Waals surface area contributed by atoms with Crippen LogP contribution in [0.2, 0.25) is 0 Å². The highest BCUT2D eigenvalue weighted by molar-refractivity contribution is 6.06. The van der Waals surface area contributed by atoms with Crippen molar-refractivity contribution in [3.8, 4) is 0 Å². The lowest BCUT2D eigenvalue weighted by Crippen LogP contribution is -2.22. The summed E-state index contributed by atoms with van der Waals surface area (Å²) in [7, 11) is 1.40. The van der Waals surface area contributed by atoms with Crippen molar-refractivity contribution in [2.75, 3.05) is 13.7 Å². The van der Waals surface area contributed by atoms with Crippen LogP contribution in [0.15, 0.2) is 59.1 Å². The van der Waals surface area contributed by atoms with Crippen LogP contribution in [0.5, 0.6) is 0 Å². The highest BCUT2D eigenvalue weighted by atomic mass is 19.4. The standard InChI is InChI=1S/C20H19F3N2O4/c1-12(19(26)27)17(11-29-2)15-8-3-4-9-16(15)18(25-28)24-14-7-5-6-13(10-14)20(21,22)23/h3-10,28H,11H2,1-2H3,(H,24,25)(H,26,27). The van der Waals surface area contributed by atoms with E-state index in [-0.39, 0.29) is 23.7 Å². The molecular weight excluding hydrogens is 389 g/mol. The Morgan fingerprint density at radius 2 is 1.79 bits per heavy atom. The summed E-state index contributed by atoms with van der Waals surface area (Å²) >= 11 is 0. The molecule has 6 nitrogen and oxygen atoms in total. The largest absolute Gasteiger partial charge is 0.478 e. The molecule has 0 unspecified atom stereocenters. The van der Waals surface area contributed by atoms with E-state index in [0.29, 0.717) is 16.7 Å². The molecule has 0 saturated heterocycles. The molecule has 9 heteroatoms. The van der Waals surface area contributed by atoms with E-state index in [1.807, 2.05) is 5.48 Å². The van der Waals surface area contributed by atoms with E-state index in [1.54, 1.807) is 24.3 Å². The van der Waals surface area contributed by atoms with Gasteiger partial charge in [0, 0.05) is 18.2 Å². The quantitative estimate of drug-likeness (QED) is 0.287. The normalized spacial score (nSPS) is 13.1. The Kier molecular flexibility index (Phi) is 7.13. The van der Waals surface area contributed by atoms with Crippen LogP contribution in [0.3, 0.4) is 0 Å². The van der Waals surface area contributed by atoms with E-state index in [0.717, 1.165) is 12.1 Å². The van der Waals surface area contributed by atoms with Crippen molar-refractivity contribution in [2.24, 2.45) is 4.99 Å². The molecule has 0 atom stereocenters. The summed E-state index contributed by atoms with van der Waals surface area (Å²) in [6.45, 7) is 1.38. The molecule has 0 aliphatic carbocycles. The zero-order valence-corrected chi connectivity index (χ0v) is 15.6. The molecule has 0 aliphatic rings. The van der Waals surface area contributed by atoms with Gasteiger partial charge in [-0.1, -0.05) is 30.3 Å². The third-order valence-electron chi connectivity index (χ3n) is 4.09. The monoisotopic (exact) mass is 408 g/mol. The van der Waals surface area contributed by atoms with Crippen LogP contribution < -0.4 is 5.48 Å². The summed E-state index contributed by atoms with van der Waals surface area (Å²) in [5.74, 6) is -1.30. The van der Waals surface area contributed by atoms with Gasteiger partial charge in [-0.05, 0) is 36.3 Å². The van der Waals surface area contributed by atoms with Gasteiger partial charge < -0.3 is 9.84 Å². The Morgan fingerprint density at radius 1 is 1.14 bits per heavy atom. The Morgan fingerprint density at radius 3 is 2.34 bits per heavy atom. The lowest BCUT2D eigenvalue weighted by Gasteiger charge is -2.16. The molecule has 0 saturated carbocycles. The zero-order valence-electron chi connectivity index (χ0n) is 15.6. The summed E-state index contributed by atoms with van der Waals surface area (Å²) in [6, 6.07) is 10.7. The van der Waals surface area contributed by atoms with Crippen molar-refractivity contribution in [2.45, 2.75) is 13.1 Å². The summed E-state index contributed by atoms with van der Waals surface area (Å²) in [5.41, 5.74) is 2.02. The number of hydrogen-bond acceptors (Lipinski definition) is 4. The molecule has 0 amide bonds. The summed E-state index contributed by atoms with van der Waals surface area (Å²) in [5, 5.41) is 18.9. The lowest BCUT2D eigenvalue weighted by molar-refractivity contribution is -0.137. The van der Waals surface area contributed by atoms with Gasteiger partial charge in [0.1, 0.15) is 0 Å². The van der Waals surface area contributed by atoms with E-state index in [1.165, 1.54) is 26.2 Å². The molecule has 2 aromatic rings. The maximum absolute atomic E-state index is 12.9. The van der Waals surface area contributed by atoms with Crippen molar-refractivity contribution in [1.82, 2.24) is 5.48 Å². The number of carbonyl (C=O) groups is 1. The van der Waals surface area contributed by atoms with Gasteiger partial charge in [0.15, 0.2) is 5.84 Å². The number of nitrogens with one attached hydrogen (secondary N) is 1. The third-order valence-corrected chi connectivity index (χ3v) is 4.09. The molecule has 0 fully saturated rings. The van der Waals surface area contributed by atoms with E-state index in [9.17, 15) is 28.3 Å². The molecule has 2 aromatic carbocycles. The number of amidine groups is 1. The number of carboxylic acid groups (broad SMARTS) is 1. The van der Waals surface area contributed by atoms with Gasteiger partial charge in [-0.15, -0.1) is 0 Å². The highest BCUT2D eigenvalue weighted by Crippen LogP contribution is 2.32. The van der Waals surface area contributed by atoms with Crippen LogP contribution in [0.1, 0.15) is 23.6 Å². The number of alkyl halides is 3. The molecule has 29 heavy (non-hydrogen) atoms. The van der Waals surface area contributed by atoms with E-state index < -0.39 is 17.7 Å². The van der Waals surface area contributed by atoms with Gasteiger partial charge in [-0.3, -0.25) is 10.7 Å².